The highest BCUT2D eigenvalue weighted by Gasteiger charge is 2.30. The summed E-state index contributed by atoms with van der Waals surface area (Å²) in [5.41, 5.74) is 2.84. The third kappa shape index (κ3) is 4.77. The molecule has 1 atom stereocenters. The minimum atomic E-state index is -0.940. The summed E-state index contributed by atoms with van der Waals surface area (Å²) in [6.07, 6.45) is -0.0354. The Balaban J connectivity index is 1.99. The maximum absolute atomic E-state index is 12.3. The van der Waals surface area contributed by atoms with E-state index in [1.807, 2.05) is 44.0 Å². The van der Waals surface area contributed by atoms with Gasteiger partial charge in [0.15, 0.2) is 0 Å². The molecule has 2 rings (SSSR count). The summed E-state index contributed by atoms with van der Waals surface area (Å²) in [7, 11) is 2.01. The SMILES string of the molecule is Cc1ccc(NC(=O)C[C@H](C(=O)O)N2CCN(C)CC2)c(C)c1. The molecule has 1 aromatic carbocycles. The first-order valence-electron chi connectivity index (χ1n) is 7.89. The predicted molar refractivity (Wildman–Crippen MR) is 89.7 cm³/mol. The van der Waals surface area contributed by atoms with Crippen LogP contribution >= 0.6 is 0 Å². The molecule has 1 saturated heterocycles. The molecule has 0 aliphatic carbocycles. The number of nitrogens with one attached hydrogen (secondary N) is 1. The van der Waals surface area contributed by atoms with Crippen LogP contribution in [0.3, 0.4) is 0 Å². The number of carboxylic acid groups (broad SMARTS) is 1. The molecular weight excluding hydrogens is 294 g/mol. The van der Waals surface area contributed by atoms with Crippen LogP contribution in [0.25, 0.3) is 0 Å². The average Bonchev–Trinajstić information content (AvgIpc) is 2.48. The normalized spacial score (nSPS) is 17.7. The van der Waals surface area contributed by atoms with Crippen molar-refractivity contribution in [3.8, 4) is 0 Å². The third-order valence-electron chi connectivity index (χ3n) is 4.30. The van der Waals surface area contributed by atoms with Crippen molar-refractivity contribution >= 4 is 17.6 Å². The maximum Gasteiger partial charge on any atom is 0.321 e. The number of nitrogens with zero attached hydrogens (tertiary/aromatic N) is 2. The Bertz CT molecular complexity index is 580. The Hall–Kier alpha value is -1.92. The molecule has 6 nitrogen and oxygen atoms in total. The molecule has 126 valence electrons. The molecule has 1 aliphatic rings. The predicted octanol–water partition coefficient (Wildman–Crippen LogP) is 1.33. The number of carbonyl (C=O) groups is 2. The molecule has 0 spiro atoms. The van der Waals surface area contributed by atoms with Crippen LogP contribution in [0.1, 0.15) is 17.5 Å². The fourth-order valence-corrected chi connectivity index (χ4v) is 2.84. The quantitative estimate of drug-likeness (QED) is 0.857. The van der Waals surface area contributed by atoms with E-state index in [2.05, 4.69) is 10.2 Å². The molecule has 1 amide bonds. The molecular formula is C17H25N3O3. The van der Waals surface area contributed by atoms with Gasteiger partial charge < -0.3 is 15.3 Å². The molecule has 2 N–H and O–H groups in total. The van der Waals surface area contributed by atoms with E-state index in [1.54, 1.807) is 0 Å². The minimum absolute atomic E-state index is 0.0354. The molecule has 0 saturated carbocycles. The summed E-state index contributed by atoms with van der Waals surface area (Å²) in [4.78, 5) is 27.8. The lowest BCUT2D eigenvalue weighted by atomic mass is 10.1. The summed E-state index contributed by atoms with van der Waals surface area (Å²) in [6, 6.07) is 5.01. The number of rotatable bonds is 5. The lowest BCUT2D eigenvalue weighted by Crippen LogP contribution is -2.52. The molecule has 6 heteroatoms. The molecule has 1 fully saturated rings. The van der Waals surface area contributed by atoms with Gasteiger partial charge in [0.25, 0.3) is 0 Å². The first kappa shape index (κ1) is 17.4. The second kappa shape index (κ2) is 7.57. The van der Waals surface area contributed by atoms with Gasteiger partial charge in [-0.15, -0.1) is 0 Å². The Morgan fingerprint density at radius 2 is 1.87 bits per heavy atom. The van der Waals surface area contributed by atoms with E-state index < -0.39 is 12.0 Å². The van der Waals surface area contributed by atoms with Crippen LogP contribution in [-0.4, -0.2) is 66.1 Å². The monoisotopic (exact) mass is 319 g/mol. The molecule has 0 aromatic heterocycles. The Kier molecular flexibility index (Phi) is 5.74. The van der Waals surface area contributed by atoms with Gasteiger partial charge in [0.2, 0.25) is 5.91 Å². The molecule has 0 bridgehead atoms. The van der Waals surface area contributed by atoms with Gasteiger partial charge in [-0.25, -0.2) is 0 Å². The van der Waals surface area contributed by atoms with Crippen molar-refractivity contribution in [3.63, 3.8) is 0 Å². The number of amides is 1. The lowest BCUT2D eigenvalue weighted by Gasteiger charge is -2.35. The van der Waals surface area contributed by atoms with Crippen molar-refractivity contribution in [3.05, 3.63) is 29.3 Å². The average molecular weight is 319 g/mol. The van der Waals surface area contributed by atoms with Crippen LogP contribution in [0.2, 0.25) is 0 Å². The number of aryl methyl sites for hydroxylation is 2. The zero-order valence-electron chi connectivity index (χ0n) is 14.0. The van der Waals surface area contributed by atoms with E-state index in [0.29, 0.717) is 13.1 Å². The van der Waals surface area contributed by atoms with Crippen LogP contribution in [-0.2, 0) is 9.59 Å². The van der Waals surface area contributed by atoms with Gasteiger partial charge in [0.05, 0.1) is 6.42 Å². The summed E-state index contributed by atoms with van der Waals surface area (Å²) in [6.45, 7) is 6.91. The van der Waals surface area contributed by atoms with E-state index in [9.17, 15) is 14.7 Å². The Morgan fingerprint density at radius 1 is 1.22 bits per heavy atom. The fourth-order valence-electron chi connectivity index (χ4n) is 2.84. The van der Waals surface area contributed by atoms with Crippen LogP contribution in [0.4, 0.5) is 5.69 Å². The lowest BCUT2D eigenvalue weighted by molar-refractivity contribution is -0.145. The second-order valence-electron chi connectivity index (χ2n) is 6.26. The standard InChI is InChI=1S/C17H25N3O3/c1-12-4-5-14(13(2)10-12)18-16(21)11-15(17(22)23)20-8-6-19(3)7-9-20/h4-5,10,15H,6-9,11H2,1-3H3,(H,18,21)(H,22,23)/t15-/m1/s1. The van der Waals surface area contributed by atoms with Gasteiger partial charge in [-0.3, -0.25) is 14.5 Å². The number of carboxylic acids is 1. The highest BCUT2D eigenvalue weighted by molar-refractivity contribution is 5.94. The van der Waals surface area contributed by atoms with Crippen LogP contribution in [0, 0.1) is 13.8 Å². The van der Waals surface area contributed by atoms with Gasteiger partial charge in [-0.2, -0.15) is 0 Å². The number of carbonyl (C=O) groups excluding carboxylic acids is 1. The van der Waals surface area contributed by atoms with Gasteiger partial charge in [-0.1, -0.05) is 17.7 Å². The molecule has 1 aromatic rings. The van der Waals surface area contributed by atoms with Gasteiger partial charge in [0, 0.05) is 31.9 Å². The highest BCUT2D eigenvalue weighted by atomic mass is 16.4. The summed E-state index contributed by atoms with van der Waals surface area (Å²) in [5, 5.41) is 12.3. The van der Waals surface area contributed by atoms with E-state index >= 15 is 0 Å². The van der Waals surface area contributed by atoms with Crippen molar-refractivity contribution in [2.75, 3.05) is 38.5 Å². The largest absolute Gasteiger partial charge is 0.480 e. The van der Waals surface area contributed by atoms with Gasteiger partial charge in [0.1, 0.15) is 6.04 Å². The summed E-state index contributed by atoms with van der Waals surface area (Å²) < 4.78 is 0. The second-order valence-corrected chi connectivity index (χ2v) is 6.26. The zero-order valence-corrected chi connectivity index (χ0v) is 14.0. The number of anilines is 1. The van der Waals surface area contributed by atoms with Crippen LogP contribution < -0.4 is 5.32 Å². The van der Waals surface area contributed by atoms with E-state index in [4.69, 9.17) is 0 Å². The highest BCUT2D eigenvalue weighted by Crippen LogP contribution is 2.17. The third-order valence-corrected chi connectivity index (χ3v) is 4.30. The molecule has 0 radical (unpaired) electrons. The van der Waals surface area contributed by atoms with Gasteiger partial charge in [-0.05, 0) is 32.5 Å². The van der Waals surface area contributed by atoms with E-state index in [1.165, 1.54) is 0 Å². The van der Waals surface area contributed by atoms with Gasteiger partial charge >= 0.3 is 5.97 Å². The molecule has 23 heavy (non-hydrogen) atoms. The summed E-state index contributed by atoms with van der Waals surface area (Å²) >= 11 is 0. The van der Waals surface area contributed by atoms with E-state index in [0.717, 1.165) is 29.9 Å². The first-order chi connectivity index (χ1) is 10.9. The number of aliphatic carboxylic acids is 1. The van der Waals surface area contributed by atoms with Crippen LogP contribution in [0.15, 0.2) is 18.2 Å². The topological polar surface area (TPSA) is 72.9 Å². The number of likely N-dealkylation sites (N-methyl/N-ethyl adjacent to an activating group) is 1. The van der Waals surface area contributed by atoms with E-state index in [-0.39, 0.29) is 12.3 Å². The number of benzene rings is 1. The molecule has 0 unspecified atom stereocenters. The van der Waals surface area contributed by atoms with Crippen LogP contribution in [0.5, 0.6) is 0 Å². The smallest absolute Gasteiger partial charge is 0.321 e. The minimum Gasteiger partial charge on any atom is -0.480 e. The maximum atomic E-state index is 12.3. The summed E-state index contributed by atoms with van der Waals surface area (Å²) in [5.74, 6) is -1.20. The number of piperazine rings is 1. The van der Waals surface area contributed by atoms with Crippen molar-refractivity contribution < 1.29 is 14.7 Å². The van der Waals surface area contributed by atoms with Crippen molar-refractivity contribution in [1.29, 1.82) is 0 Å². The Morgan fingerprint density at radius 3 is 2.43 bits per heavy atom. The molecule has 1 aliphatic heterocycles. The number of hydrogen-bond donors (Lipinski definition) is 2. The molecule has 1 heterocycles. The zero-order chi connectivity index (χ0) is 17.0. The Labute approximate surface area is 137 Å². The van der Waals surface area contributed by atoms with Crippen molar-refractivity contribution in [2.45, 2.75) is 26.3 Å². The van der Waals surface area contributed by atoms with Crippen molar-refractivity contribution in [1.82, 2.24) is 9.80 Å². The van der Waals surface area contributed by atoms with Crippen molar-refractivity contribution in [2.24, 2.45) is 0 Å². The first-order valence-corrected chi connectivity index (χ1v) is 7.89. The fraction of sp³-hybridized carbons (Fsp3) is 0.529. The number of hydrogen-bond acceptors (Lipinski definition) is 4.